The highest BCUT2D eigenvalue weighted by atomic mass is 79.9. The largest absolute Gasteiger partial charge is 0.406 e. The van der Waals surface area contributed by atoms with Crippen molar-refractivity contribution in [3.63, 3.8) is 0 Å². The zero-order chi connectivity index (χ0) is 18.4. The van der Waals surface area contributed by atoms with E-state index in [1.807, 2.05) is 6.07 Å². The molecule has 1 amide bonds. The molecular formula is C17H12BrF3N2OS. The Morgan fingerprint density at radius 1 is 1.24 bits per heavy atom. The minimum absolute atomic E-state index is 0.192. The fraction of sp³-hybridized carbons (Fsp3) is 0.176. The van der Waals surface area contributed by atoms with E-state index in [-0.39, 0.29) is 6.54 Å². The number of benzene rings is 1. The highest BCUT2D eigenvalue weighted by Crippen LogP contribution is 2.23. The number of thiophene rings is 1. The zero-order valence-corrected chi connectivity index (χ0v) is 15.2. The Kier molecular flexibility index (Phi) is 6.39. The molecule has 2 rings (SSSR count). The highest BCUT2D eigenvalue weighted by molar-refractivity contribution is 9.11. The zero-order valence-electron chi connectivity index (χ0n) is 12.8. The molecule has 0 aliphatic carbocycles. The summed E-state index contributed by atoms with van der Waals surface area (Å²) in [6, 6.07) is 11.6. The molecular weight excluding hydrogens is 417 g/mol. The fourth-order valence-electron chi connectivity index (χ4n) is 2.01. The average Bonchev–Trinajstić information content (AvgIpc) is 2.97. The SMILES string of the molecule is N#Cc1ccc(CN(CC(F)(F)F)C(=O)/C=C/c2ccc(Br)s2)cc1. The van der Waals surface area contributed by atoms with Gasteiger partial charge in [0.05, 0.1) is 15.4 Å². The van der Waals surface area contributed by atoms with Crippen LogP contribution in [-0.4, -0.2) is 23.5 Å². The van der Waals surface area contributed by atoms with Crippen LogP contribution in [0.3, 0.4) is 0 Å². The van der Waals surface area contributed by atoms with Crippen LogP contribution in [0, 0.1) is 11.3 Å². The van der Waals surface area contributed by atoms with Crippen molar-refractivity contribution in [2.24, 2.45) is 0 Å². The van der Waals surface area contributed by atoms with Crippen molar-refractivity contribution in [1.82, 2.24) is 4.90 Å². The number of rotatable bonds is 5. The van der Waals surface area contributed by atoms with E-state index in [2.05, 4.69) is 15.9 Å². The van der Waals surface area contributed by atoms with Gasteiger partial charge < -0.3 is 4.90 Å². The topological polar surface area (TPSA) is 44.1 Å². The van der Waals surface area contributed by atoms with Crippen molar-refractivity contribution in [2.75, 3.05) is 6.54 Å². The molecule has 25 heavy (non-hydrogen) atoms. The monoisotopic (exact) mass is 428 g/mol. The maximum Gasteiger partial charge on any atom is 0.406 e. The molecule has 0 fully saturated rings. The molecule has 8 heteroatoms. The Morgan fingerprint density at radius 2 is 1.92 bits per heavy atom. The normalized spacial score (nSPS) is 11.5. The predicted octanol–water partition coefficient (Wildman–Crippen LogP) is 4.99. The number of nitriles is 1. The summed E-state index contributed by atoms with van der Waals surface area (Å²) in [5.41, 5.74) is 0.921. The van der Waals surface area contributed by atoms with Crippen LogP contribution in [-0.2, 0) is 11.3 Å². The first-order chi connectivity index (χ1) is 11.8. The average molecular weight is 429 g/mol. The lowest BCUT2D eigenvalue weighted by molar-refractivity contribution is -0.159. The van der Waals surface area contributed by atoms with E-state index in [9.17, 15) is 18.0 Å². The smallest absolute Gasteiger partial charge is 0.326 e. The number of halogens is 4. The number of amides is 1. The Labute approximate surface area is 155 Å². The van der Waals surface area contributed by atoms with E-state index < -0.39 is 18.6 Å². The lowest BCUT2D eigenvalue weighted by atomic mass is 10.1. The summed E-state index contributed by atoms with van der Waals surface area (Å²) in [5, 5.41) is 8.76. The summed E-state index contributed by atoms with van der Waals surface area (Å²) in [7, 11) is 0. The van der Waals surface area contributed by atoms with Crippen molar-refractivity contribution in [3.8, 4) is 6.07 Å². The van der Waals surface area contributed by atoms with Crippen molar-refractivity contribution >= 4 is 39.2 Å². The minimum Gasteiger partial charge on any atom is -0.326 e. The summed E-state index contributed by atoms with van der Waals surface area (Å²) in [6.45, 7) is -1.53. The van der Waals surface area contributed by atoms with Gasteiger partial charge in [-0.3, -0.25) is 4.79 Å². The van der Waals surface area contributed by atoms with Crippen molar-refractivity contribution < 1.29 is 18.0 Å². The third kappa shape index (κ3) is 6.36. The van der Waals surface area contributed by atoms with Gasteiger partial charge in [-0.25, -0.2) is 0 Å². The lowest BCUT2D eigenvalue weighted by Gasteiger charge is -2.22. The standard InChI is InChI=1S/C17H12BrF3N2OS/c18-15-7-5-14(25-15)6-8-16(24)23(11-17(19,20)21)10-13-3-1-12(9-22)2-4-13/h1-8H,10-11H2/b8-6+. The lowest BCUT2D eigenvalue weighted by Crippen LogP contribution is -2.37. The Bertz CT molecular complexity index is 807. The molecule has 0 radical (unpaired) electrons. The van der Waals surface area contributed by atoms with E-state index in [0.717, 1.165) is 19.6 Å². The third-order valence-electron chi connectivity index (χ3n) is 3.12. The summed E-state index contributed by atoms with van der Waals surface area (Å²) in [5.74, 6) is -0.730. The van der Waals surface area contributed by atoms with Crippen LogP contribution in [0.5, 0.6) is 0 Å². The molecule has 0 unspecified atom stereocenters. The molecule has 0 aliphatic heterocycles. The summed E-state index contributed by atoms with van der Waals surface area (Å²) in [4.78, 5) is 13.7. The first-order valence-corrected chi connectivity index (χ1v) is 8.66. The molecule has 0 aliphatic rings. The van der Waals surface area contributed by atoms with Crippen LogP contribution in [0.25, 0.3) is 6.08 Å². The van der Waals surface area contributed by atoms with Crippen molar-refractivity contribution in [2.45, 2.75) is 12.7 Å². The van der Waals surface area contributed by atoms with Gasteiger partial charge in [0.25, 0.3) is 0 Å². The van der Waals surface area contributed by atoms with E-state index in [0.29, 0.717) is 11.1 Å². The number of hydrogen-bond donors (Lipinski definition) is 0. The van der Waals surface area contributed by atoms with Crippen LogP contribution >= 0.6 is 27.3 Å². The van der Waals surface area contributed by atoms with Gasteiger partial charge in [0.1, 0.15) is 6.54 Å². The first kappa shape index (κ1) is 19.2. The predicted molar refractivity (Wildman–Crippen MR) is 93.7 cm³/mol. The van der Waals surface area contributed by atoms with E-state index in [4.69, 9.17) is 5.26 Å². The maximum absolute atomic E-state index is 12.8. The van der Waals surface area contributed by atoms with Gasteiger partial charge in [-0.05, 0) is 51.8 Å². The van der Waals surface area contributed by atoms with Crippen molar-refractivity contribution in [3.05, 3.63) is 62.3 Å². The second-order valence-corrected chi connectivity index (χ2v) is 7.59. The van der Waals surface area contributed by atoms with Gasteiger partial charge in [-0.1, -0.05) is 12.1 Å². The van der Waals surface area contributed by atoms with Gasteiger partial charge in [0, 0.05) is 17.5 Å². The summed E-state index contributed by atoms with van der Waals surface area (Å²) in [6.07, 6.45) is -1.88. The van der Waals surface area contributed by atoms with Gasteiger partial charge in [0.15, 0.2) is 0 Å². The molecule has 0 N–H and O–H groups in total. The summed E-state index contributed by atoms with van der Waals surface area (Å²) < 4.78 is 39.2. The second-order valence-electron chi connectivity index (χ2n) is 5.09. The first-order valence-electron chi connectivity index (χ1n) is 7.05. The van der Waals surface area contributed by atoms with E-state index in [1.54, 1.807) is 12.1 Å². The van der Waals surface area contributed by atoms with Crippen LogP contribution in [0.1, 0.15) is 16.0 Å². The van der Waals surface area contributed by atoms with Crippen LogP contribution < -0.4 is 0 Å². The number of carbonyl (C=O) groups excluding carboxylic acids is 1. The van der Waals surface area contributed by atoms with E-state index in [1.165, 1.54) is 41.7 Å². The van der Waals surface area contributed by atoms with Gasteiger partial charge >= 0.3 is 6.18 Å². The molecule has 0 spiro atoms. The van der Waals surface area contributed by atoms with Gasteiger partial charge in [-0.15, -0.1) is 11.3 Å². The maximum atomic E-state index is 12.8. The van der Waals surface area contributed by atoms with E-state index >= 15 is 0 Å². The quantitative estimate of drug-likeness (QED) is 0.629. The van der Waals surface area contributed by atoms with Gasteiger partial charge in [-0.2, -0.15) is 18.4 Å². The highest BCUT2D eigenvalue weighted by Gasteiger charge is 2.32. The molecule has 1 aromatic carbocycles. The molecule has 2 aromatic rings. The summed E-state index contributed by atoms with van der Waals surface area (Å²) >= 11 is 4.65. The molecule has 130 valence electrons. The van der Waals surface area contributed by atoms with Crippen LogP contribution in [0.15, 0.2) is 46.3 Å². The molecule has 1 aromatic heterocycles. The number of alkyl halides is 3. The molecule has 0 saturated heterocycles. The Hall–Kier alpha value is -2.11. The molecule has 0 saturated carbocycles. The Balaban J connectivity index is 2.14. The van der Waals surface area contributed by atoms with Crippen molar-refractivity contribution in [1.29, 1.82) is 5.26 Å². The number of carbonyl (C=O) groups is 1. The number of nitrogens with zero attached hydrogens (tertiary/aromatic N) is 2. The van der Waals surface area contributed by atoms with Crippen LogP contribution in [0.2, 0.25) is 0 Å². The fourth-order valence-corrected chi connectivity index (χ4v) is 3.34. The van der Waals surface area contributed by atoms with Crippen LogP contribution in [0.4, 0.5) is 13.2 Å². The molecule has 1 heterocycles. The second kappa shape index (κ2) is 8.32. The third-order valence-corrected chi connectivity index (χ3v) is 4.71. The van der Waals surface area contributed by atoms with Gasteiger partial charge in [0.2, 0.25) is 5.91 Å². The Morgan fingerprint density at radius 3 is 2.44 bits per heavy atom. The molecule has 3 nitrogen and oxygen atoms in total. The minimum atomic E-state index is -4.50. The molecule has 0 atom stereocenters. The molecule has 0 bridgehead atoms. The number of hydrogen-bond acceptors (Lipinski definition) is 3.